The number of aromatic nitrogens is 1. The number of aryl methyl sites for hydroxylation is 1. The van der Waals surface area contributed by atoms with Gasteiger partial charge in [0.15, 0.2) is 0 Å². The number of likely N-dealkylation sites (tertiary alicyclic amines) is 1. The molecule has 4 nitrogen and oxygen atoms in total. The second kappa shape index (κ2) is 7.04. The molecule has 0 aromatic carbocycles. The topological polar surface area (TPSA) is 45.2 Å². The summed E-state index contributed by atoms with van der Waals surface area (Å²) >= 11 is 0. The van der Waals surface area contributed by atoms with Crippen molar-refractivity contribution in [2.24, 2.45) is 5.92 Å². The van der Waals surface area contributed by atoms with E-state index < -0.39 is 0 Å². The van der Waals surface area contributed by atoms with Gasteiger partial charge in [0.25, 0.3) is 0 Å². The predicted octanol–water partition coefficient (Wildman–Crippen LogP) is 1.65. The molecule has 2 unspecified atom stereocenters. The first-order valence-electron chi connectivity index (χ1n) is 7.24. The molecule has 3 rings (SSSR count). The normalized spacial score (nSPS) is 24.9. The van der Waals surface area contributed by atoms with Gasteiger partial charge in [-0.25, -0.2) is 0 Å². The maximum absolute atomic E-state index is 12.2. The van der Waals surface area contributed by atoms with E-state index in [-0.39, 0.29) is 18.3 Å². The van der Waals surface area contributed by atoms with Crippen LogP contribution in [0.15, 0.2) is 24.4 Å². The lowest BCUT2D eigenvalue weighted by molar-refractivity contribution is -0.133. The highest BCUT2D eigenvalue weighted by atomic mass is 35.5. The van der Waals surface area contributed by atoms with E-state index in [1.807, 2.05) is 18.2 Å². The summed E-state index contributed by atoms with van der Waals surface area (Å²) in [6.07, 6.45) is 5.45. The summed E-state index contributed by atoms with van der Waals surface area (Å²) < 4.78 is 0. The lowest BCUT2D eigenvalue weighted by Gasteiger charge is -2.35. The van der Waals surface area contributed by atoms with Crippen molar-refractivity contribution in [3.05, 3.63) is 30.1 Å². The Kier molecular flexibility index (Phi) is 5.38. The van der Waals surface area contributed by atoms with Gasteiger partial charge in [-0.2, -0.15) is 0 Å². The van der Waals surface area contributed by atoms with Crippen LogP contribution in [0.25, 0.3) is 0 Å². The second-order valence-corrected chi connectivity index (χ2v) is 5.56. The van der Waals surface area contributed by atoms with Crippen LogP contribution in [0.4, 0.5) is 0 Å². The summed E-state index contributed by atoms with van der Waals surface area (Å²) in [5.41, 5.74) is 1.01. The molecular formula is C15H22ClN3O. The number of carbonyl (C=O) groups is 1. The van der Waals surface area contributed by atoms with Crippen molar-refractivity contribution >= 4 is 18.3 Å². The first-order valence-corrected chi connectivity index (χ1v) is 7.24. The highest BCUT2D eigenvalue weighted by Gasteiger charge is 2.33. The number of hydrogen-bond acceptors (Lipinski definition) is 3. The molecule has 2 aliphatic rings. The number of halogens is 1. The molecule has 1 aromatic rings. The van der Waals surface area contributed by atoms with E-state index >= 15 is 0 Å². The summed E-state index contributed by atoms with van der Waals surface area (Å²) in [5, 5.41) is 3.53. The molecule has 1 amide bonds. The Hall–Kier alpha value is -1.13. The number of piperidine rings is 1. The van der Waals surface area contributed by atoms with E-state index in [1.165, 1.54) is 6.42 Å². The fourth-order valence-corrected chi connectivity index (χ4v) is 3.21. The molecule has 2 saturated heterocycles. The van der Waals surface area contributed by atoms with Crippen molar-refractivity contribution in [3.63, 3.8) is 0 Å². The van der Waals surface area contributed by atoms with Crippen molar-refractivity contribution in [2.45, 2.75) is 31.7 Å². The van der Waals surface area contributed by atoms with Crippen molar-refractivity contribution in [3.8, 4) is 0 Å². The van der Waals surface area contributed by atoms with Crippen LogP contribution in [0.1, 0.15) is 25.0 Å². The van der Waals surface area contributed by atoms with Crippen molar-refractivity contribution in [2.75, 3.05) is 19.6 Å². The number of carbonyl (C=O) groups excluding carboxylic acids is 1. The summed E-state index contributed by atoms with van der Waals surface area (Å²) in [6.45, 7) is 2.97. The highest BCUT2D eigenvalue weighted by molar-refractivity contribution is 5.85. The molecule has 1 aromatic heterocycles. The fraction of sp³-hybridized carbons (Fsp3) is 0.600. The van der Waals surface area contributed by atoms with Crippen LogP contribution in [0.2, 0.25) is 0 Å². The minimum atomic E-state index is 0. The van der Waals surface area contributed by atoms with Gasteiger partial charge in [0.2, 0.25) is 5.91 Å². The van der Waals surface area contributed by atoms with Crippen LogP contribution in [-0.2, 0) is 11.2 Å². The maximum Gasteiger partial charge on any atom is 0.222 e. The molecule has 20 heavy (non-hydrogen) atoms. The molecule has 3 heterocycles. The van der Waals surface area contributed by atoms with Crippen LogP contribution in [0, 0.1) is 5.92 Å². The standard InChI is InChI=1S/C15H21N3O.ClH/c19-15(5-4-13-3-1-2-8-16-13)18-10-7-14-12(11-18)6-9-17-14;/h1-3,8,12,14,17H,4-7,9-11H2;1H. The average molecular weight is 296 g/mol. The van der Waals surface area contributed by atoms with Gasteiger partial charge in [-0.15, -0.1) is 12.4 Å². The number of nitrogens with one attached hydrogen (secondary N) is 1. The largest absolute Gasteiger partial charge is 0.342 e. The first-order chi connectivity index (χ1) is 9.33. The Balaban J connectivity index is 0.00000147. The summed E-state index contributed by atoms with van der Waals surface area (Å²) in [7, 11) is 0. The average Bonchev–Trinajstić information content (AvgIpc) is 2.93. The Morgan fingerprint density at radius 3 is 3.10 bits per heavy atom. The third kappa shape index (κ3) is 3.49. The van der Waals surface area contributed by atoms with Gasteiger partial charge in [0.1, 0.15) is 0 Å². The van der Waals surface area contributed by atoms with Gasteiger partial charge in [-0.3, -0.25) is 9.78 Å². The molecule has 2 fully saturated rings. The van der Waals surface area contributed by atoms with Crippen LogP contribution in [0.5, 0.6) is 0 Å². The highest BCUT2D eigenvalue weighted by Crippen LogP contribution is 2.24. The van der Waals surface area contributed by atoms with E-state index in [0.717, 1.165) is 38.2 Å². The molecule has 0 saturated carbocycles. The zero-order chi connectivity index (χ0) is 13.1. The molecule has 0 aliphatic carbocycles. The van der Waals surface area contributed by atoms with Crippen molar-refractivity contribution in [1.82, 2.24) is 15.2 Å². The third-order valence-electron chi connectivity index (χ3n) is 4.33. The Morgan fingerprint density at radius 2 is 2.30 bits per heavy atom. The van der Waals surface area contributed by atoms with Crippen LogP contribution in [-0.4, -0.2) is 41.5 Å². The minimum Gasteiger partial charge on any atom is -0.342 e. The van der Waals surface area contributed by atoms with E-state index in [1.54, 1.807) is 6.20 Å². The van der Waals surface area contributed by atoms with Gasteiger partial charge >= 0.3 is 0 Å². The Labute approximate surface area is 126 Å². The molecule has 5 heteroatoms. The number of nitrogens with zero attached hydrogens (tertiary/aromatic N) is 2. The van der Waals surface area contributed by atoms with Gasteiger partial charge in [0.05, 0.1) is 0 Å². The fourth-order valence-electron chi connectivity index (χ4n) is 3.21. The van der Waals surface area contributed by atoms with E-state index in [4.69, 9.17) is 0 Å². The van der Waals surface area contributed by atoms with Crippen molar-refractivity contribution < 1.29 is 4.79 Å². The summed E-state index contributed by atoms with van der Waals surface area (Å²) in [4.78, 5) is 18.6. The Bertz CT molecular complexity index is 440. The Morgan fingerprint density at radius 1 is 1.40 bits per heavy atom. The van der Waals surface area contributed by atoms with E-state index in [2.05, 4.69) is 15.2 Å². The number of pyridine rings is 1. The molecule has 0 bridgehead atoms. The SMILES string of the molecule is Cl.O=C(CCc1ccccn1)N1CCC2NCCC2C1. The second-order valence-electron chi connectivity index (χ2n) is 5.56. The van der Waals surface area contributed by atoms with Crippen molar-refractivity contribution in [1.29, 1.82) is 0 Å². The van der Waals surface area contributed by atoms with Gasteiger partial charge in [0, 0.05) is 37.4 Å². The minimum absolute atomic E-state index is 0. The lowest BCUT2D eigenvalue weighted by Crippen LogP contribution is -2.46. The maximum atomic E-state index is 12.2. The van der Waals surface area contributed by atoms with E-state index in [0.29, 0.717) is 18.4 Å². The molecule has 1 N–H and O–H groups in total. The molecule has 110 valence electrons. The molecule has 2 atom stereocenters. The number of hydrogen-bond donors (Lipinski definition) is 1. The van der Waals surface area contributed by atoms with Gasteiger partial charge in [-0.1, -0.05) is 6.07 Å². The summed E-state index contributed by atoms with van der Waals surface area (Å²) in [5.74, 6) is 0.962. The van der Waals surface area contributed by atoms with Crippen LogP contribution >= 0.6 is 12.4 Å². The quantitative estimate of drug-likeness (QED) is 0.922. The van der Waals surface area contributed by atoms with E-state index in [9.17, 15) is 4.79 Å². The molecule has 2 aliphatic heterocycles. The number of fused-ring (bicyclic) bond motifs is 1. The lowest BCUT2D eigenvalue weighted by atomic mass is 9.93. The molecular weight excluding hydrogens is 274 g/mol. The first kappa shape index (κ1) is 15.3. The zero-order valence-corrected chi connectivity index (χ0v) is 12.4. The monoisotopic (exact) mass is 295 g/mol. The van der Waals surface area contributed by atoms with Crippen LogP contribution < -0.4 is 5.32 Å². The molecule has 0 radical (unpaired) electrons. The zero-order valence-electron chi connectivity index (χ0n) is 11.6. The summed E-state index contributed by atoms with van der Waals surface area (Å²) in [6, 6.07) is 6.52. The predicted molar refractivity (Wildman–Crippen MR) is 80.9 cm³/mol. The molecule has 0 spiro atoms. The smallest absolute Gasteiger partial charge is 0.222 e. The number of rotatable bonds is 3. The van der Waals surface area contributed by atoms with Gasteiger partial charge < -0.3 is 10.2 Å². The van der Waals surface area contributed by atoms with Gasteiger partial charge in [-0.05, 0) is 43.9 Å². The third-order valence-corrected chi connectivity index (χ3v) is 4.33. The number of amides is 1. The van der Waals surface area contributed by atoms with Crippen LogP contribution in [0.3, 0.4) is 0 Å².